The molecule has 1 aliphatic heterocycles. The number of rotatable bonds is 0. The van der Waals surface area contributed by atoms with Crippen molar-refractivity contribution in [3.05, 3.63) is 59.7 Å². The maximum absolute atomic E-state index is 2.22. The van der Waals surface area contributed by atoms with E-state index in [0.717, 1.165) is 6.42 Å². The van der Waals surface area contributed by atoms with Crippen molar-refractivity contribution in [3.8, 4) is 0 Å². The Morgan fingerprint density at radius 3 is 1.73 bits per heavy atom. The summed E-state index contributed by atoms with van der Waals surface area (Å²) in [6.07, 6.45) is 1.08. The van der Waals surface area contributed by atoms with E-state index in [1.54, 1.807) is 0 Å². The average Bonchev–Trinajstić information content (AvgIpc) is 2.26. The third-order valence-corrected chi connectivity index (χ3v) is 3.78. The zero-order valence-corrected chi connectivity index (χ0v) is 9.79. The third kappa shape index (κ3) is 1.98. The van der Waals surface area contributed by atoms with Gasteiger partial charge in [0, 0.05) is 26.9 Å². The molecule has 1 aliphatic rings. The average molecular weight is 262 g/mol. The van der Waals surface area contributed by atoms with Crippen molar-refractivity contribution in [1.29, 1.82) is 0 Å². The van der Waals surface area contributed by atoms with Crippen LogP contribution in [0, 0.1) is 0 Å². The van der Waals surface area contributed by atoms with Gasteiger partial charge < -0.3 is 0 Å². The van der Waals surface area contributed by atoms with Gasteiger partial charge in [0.05, 0.1) is 0 Å². The molecule has 15 heavy (non-hydrogen) atoms. The SMILES string of the molecule is [Cu].c1ccc2c(c1)Cc1ccccc1S2. The molecule has 0 atom stereocenters. The molecule has 1 heterocycles. The molecule has 0 amide bonds. The molecule has 0 N–H and O–H groups in total. The van der Waals surface area contributed by atoms with Crippen LogP contribution in [0.15, 0.2) is 58.3 Å². The molecule has 2 aromatic carbocycles. The molecule has 0 saturated heterocycles. The van der Waals surface area contributed by atoms with Crippen LogP contribution < -0.4 is 0 Å². The number of hydrogen-bond donors (Lipinski definition) is 0. The third-order valence-electron chi connectivity index (χ3n) is 2.55. The molecule has 0 unspecified atom stereocenters. The molecule has 0 bridgehead atoms. The fourth-order valence-corrected chi connectivity index (χ4v) is 2.90. The molecule has 3 rings (SSSR count). The predicted octanol–water partition coefficient (Wildman–Crippen LogP) is 3.74. The summed E-state index contributed by atoms with van der Waals surface area (Å²) in [4.78, 5) is 2.82. The Morgan fingerprint density at radius 2 is 1.20 bits per heavy atom. The van der Waals surface area contributed by atoms with Gasteiger partial charge in [0.2, 0.25) is 0 Å². The zero-order chi connectivity index (χ0) is 9.38. The molecular formula is C13H10CuS. The first-order chi connectivity index (χ1) is 6.93. The number of benzene rings is 2. The summed E-state index contributed by atoms with van der Waals surface area (Å²) < 4.78 is 0. The summed E-state index contributed by atoms with van der Waals surface area (Å²) in [6, 6.07) is 17.3. The van der Waals surface area contributed by atoms with Crippen molar-refractivity contribution >= 4 is 11.8 Å². The summed E-state index contributed by atoms with van der Waals surface area (Å²) in [5, 5.41) is 0. The van der Waals surface area contributed by atoms with E-state index in [1.807, 2.05) is 11.8 Å². The molecule has 2 aromatic rings. The summed E-state index contributed by atoms with van der Waals surface area (Å²) in [5.74, 6) is 0. The van der Waals surface area contributed by atoms with Gasteiger partial charge in [0.15, 0.2) is 0 Å². The number of hydrogen-bond acceptors (Lipinski definition) is 1. The molecule has 0 nitrogen and oxygen atoms in total. The van der Waals surface area contributed by atoms with Crippen LogP contribution in [-0.2, 0) is 23.5 Å². The fraction of sp³-hybridized carbons (Fsp3) is 0.0769. The van der Waals surface area contributed by atoms with E-state index >= 15 is 0 Å². The van der Waals surface area contributed by atoms with Crippen LogP contribution in [-0.4, -0.2) is 0 Å². The minimum absolute atomic E-state index is 0. The van der Waals surface area contributed by atoms with Gasteiger partial charge in [-0.05, 0) is 29.7 Å². The van der Waals surface area contributed by atoms with Crippen molar-refractivity contribution in [2.24, 2.45) is 0 Å². The summed E-state index contributed by atoms with van der Waals surface area (Å²) in [7, 11) is 0. The second kappa shape index (κ2) is 4.44. The topological polar surface area (TPSA) is 0 Å². The monoisotopic (exact) mass is 261 g/mol. The first-order valence-corrected chi connectivity index (χ1v) is 5.59. The van der Waals surface area contributed by atoms with Crippen molar-refractivity contribution in [1.82, 2.24) is 0 Å². The molecular weight excluding hydrogens is 252 g/mol. The molecule has 0 aromatic heterocycles. The Morgan fingerprint density at radius 1 is 0.733 bits per heavy atom. The van der Waals surface area contributed by atoms with E-state index in [4.69, 9.17) is 0 Å². The van der Waals surface area contributed by atoms with Crippen LogP contribution in [0.25, 0.3) is 0 Å². The minimum Gasteiger partial charge on any atom is -0.0895 e. The predicted molar refractivity (Wildman–Crippen MR) is 59.8 cm³/mol. The molecule has 1 radical (unpaired) electrons. The molecule has 0 spiro atoms. The van der Waals surface area contributed by atoms with Crippen molar-refractivity contribution in [3.63, 3.8) is 0 Å². The Balaban J connectivity index is 0.000000853. The second-order valence-electron chi connectivity index (χ2n) is 3.49. The van der Waals surface area contributed by atoms with E-state index in [1.165, 1.54) is 20.9 Å². The van der Waals surface area contributed by atoms with Gasteiger partial charge in [0.25, 0.3) is 0 Å². The van der Waals surface area contributed by atoms with Gasteiger partial charge in [-0.15, -0.1) is 0 Å². The van der Waals surface area contributed by atoms with E-state index in [2.05, 4.69) is 48.5 Å². The van der Waals surface area contributed by atoms with E-state index in [9.17, 15) is 0 Å². The normalized spacial score (nSPS) is 12.3. The number of fused-ring (bicyclic) bond motifs is 2. The van der Waals surface area contributed by atoms with Crippen molar-refractivity contribution in [2.45, 2.75) is 16.2 Å². The first kappa shape index (κ1) is 10.8. The molecule has 0 aliphatic carbocycles. The summed E-state index contributed by atoms with van der Waals surface area (Å²) in [5.41, 5.74) is 2.91. The Bertz CT molecular complexity index is 392. The maximum atomic E-state index is 2.22. The van der Waals surface area contributed by atoms with E-state index in [0.29, 0.717) is 0 Å². The van der Waals surface area contributed by atoms with E-state index in [-0.39, 0.29) is 17.1 Å². The standard InChI is InChI=1S/C13H10S.Cu/c1-3-7-12-10(5-1)9-11-6-2-4-8-13(11)14-12;/h1-8H,9H2;. The van der Waals surface area contributed by atoms with Crippen molar-refractivity contribution < 1.29 is 17.1 Å². The van der Waals surface area contributed by atoms with Gasteiger partial charge in [-0.2, -0.15) is 0 Å². The molecule has 79 valence electrons. The van der Waals surface area contributed by atoms with Gasteiger partial charge in [-0.1, -0.05) is 48.2 Å². The molecule has 0 saturated carbocycles. The van der Waals surface area contributed by atoms with Crippen LogP contribution in [0.1, 0.15) is 11.1 Å². The Hall–Kier alpha value is -0.691. The summed E-state index contributed by atoms with van der Waals surface area (Å²) in [6.45, 7) is 0. The van der Waals surface area contributed by atoms with Crippen LogP contribution in [0.5, 0.6) is 0 Å². The zero-order valence-electron chi connectivity index (χ0n) is 8.04. The van der Waals surface area contributed by atoms with Gasteiger partial charge in [-0.25, -0.2) is 0 Å². The van der Waals surface area contributed by atoms with Crippen LogP contribution in [0.4, 0.5) is 0 Å². The van der Waals surface area contributed by atoms with Gasteiger partial charge >= 0.3 is 0 Å². The van der Waals surface area contributed by atoms with Gasteiger partial charge in [0.1, 0.15) is 0 Å². The van der Waals surface area contributed by atoms with Crippen LogP contribution in [0.2, 0.25) is 0 Å². The largest absolute Gasteiger partial charge is 0.0895 e. The minimum atomic E-state index is 0. The smallest absolute Gasteiger partial charge is 0.0157 e. The maximum Gasteiger partial charge on any atom is 0.0157 e. The fourth-order valence-electron chi connectivity index (χ4n) is 1.82. The molecule has 0 fully saturated rings. The second-order valence-corrected chi connectivity index (χ2v) is 4.58. The quantitative estimate of drug-likeness (QED) is 0.556. The van der Waals surface area contributed by atoms with Gasteiger partial charge in [-0.3, -0.25) is 0 Å². The first-order valence-electron chi connectivity index (χ1n) is 4.77. The Labute approximate surface area is 105 Å². The van der Waals surface area contributed by atoms with E-state index < -0.39 is 0 Å². The van der Waals surface area contributed by atoms with Crippen LogP contribution in [0.3, 0.4) is 0 Å². The van der Waals surface area contributed by atoms with Crippen LogP contribution >= 0.6 is 11.8 Å². The van der Waals surface area contributed by atoms with Crippen molar-refractivity contribution in [2.75, 3.05) is 0 Å². The Kier molecular flexibility index (Phi) is 3.20. The summed E-state index contributed by atoms with van der Waals surface area (Å²) >= 11 is 1.88. The molecule has 2 heteroatoms.